The van der Waals surface area contributed by atoms with Crippen molar-refractivity contribution in [1.82, 2.24) is 5.32 Å². The standard InChI is InChI=1S/C9H15F2N/c1-6-9(10,11)5-7(12-6)8(2,3)4/h7,12H,1,5H2,2-4H3. The third-order valence-electron chi connectivity index (χ3n) is 2.30. The highest BCUT2D eigenvalue weighted by atomic mass is 19.3. The summed E-state index contributed by atoms with van der Waals surface area (Å²) in [7, 11) is 0. The average Bonchev–Trinajstić information content (AvgIpc) is 2.06. The smallest absolute Gasteiger partial charge is 0.288 e. The van der Waals surface area contributed by atoms with E-state index in [1.54, 1.807) is 0 Å². The quantitative estimate of drug-likeness (QED) is 0.596. The van der Waals surface area contributed by atoms with Crippen molar-refractivity contribution in [2.75, 3.05) is 0 Å². The third kappa shape index (κ3) is 1.59. The summed E-state index contributed by atoms with van der Waals surface area (Å²) >= 11 is 0. The Hall–Kier alpha value is -0.600. The van der Waals surface area contributed by atoms with E-state index in [4.69, 9.17) is 0 Å². The van der Waals surface area contributed by atoms with Gasteiger partial charge in [-0.15, -0.1) is 0 Å². The average molecular weight is 175 g/mol. The lowest BCUT2D eigenvalue weighted by atomic mass is 9.85. The van der Waals surface area contributed by atoms with Crippen molar-refractivity contribution in [3.8, 4) is 0 Å². The second kappa shape index (κ2) is 2.44. The zero-order valence-electron chi connectivity index (χ0n) is 7.75. The highest BCUT2D eigenvalue weighted by Gasteiger charge is 2.46. The van der Waals surface area contributed by atoms with Gasteiger partial charge in [-0.25, -0.2) is 0 Å². The van der Waals surface area contributed by atoms with Crippen molar-refractivity contribution in [3.05, 3.63) is 12.3 Å². The Bertz CT molecular complexity index is 203. The molecule has 0 aromatic heterocycles. The molecule has 0 aliphatic carbocycles. The highest BCUT2D eigenvalue weighted by Crippen LogP contribution is 2.39. The fourth-order valence-corrected chi connectivity index (χ4v) is 1.27. The van der Waals surface area contributed by atoms with Gasteiger partial charge in [0.1, 0.15) is 0 Å². The molecule has 1 N–H and O–H groups in total. The molecule has 0 aromatic carbocycles. The van der Waals surface area contributed by atoms with E-state index in [-0.39, 0.29) is 23.6 Å². The van der Waals surface area contributed by atoms with Crippen LogP contribution in [0.5, 0.6) is 0 Å². The van der Waals surface area contributed by atoms with E-state index in [1.807, 2.05) is 20.8 Å². The summed E-state index contributed by atoms with van der Waals surface area (Å²) in [5.74, 6) is -2.72. The van der Waals surface area contributed by atoms with Gasteiger partial charge in [-0.2, -0.15) is 8.78 Å². The topological polar surface area (TPSA) is 12.0 Å². The van der Waals surface area contributed by atoms with Gasteiger partial charge in [0, 0.05) is 12.5 Å². The molecule has 0 amide bonds. The Kier molecular flexibility index (Phi) is 1.93. The first-order chi connectivity index (χ1) is 5.23. The van der Waals surface area contributed by atoms with Crippen LogP contribution in [-0.2, 0) is 0 Å². The minimum absolute atomic E-state index is 0.130. The van der Waals surface area contributed by atoms with Crippen molar-refractivity contribution >= 4 is 0 Å². The number of allylic oxidation sites excluding steroid dienone is 1. The van der Waals surface area contributed by atoms with Crippen LogP contribution in [0, 0.1) is 5.41 Å². The zero-order chi connectivity index (χ0) is 9.57. The van der Waals surface area contributed by atoms with Gasteiger partial charge in [-0.05, 0) is 5.41 Å². The summed E-state index contributed by atoms with van der Waals surface area (Å²) in [6, 6.07) is -0.167. The molecule has 1 aliphatic heterocycles. The second-order valence-electron chi connectivity index (χ2n) is 4.45. The Morgan fingerprint density at radius 1 is 1.50 bits per heavy atom. The SMILES string of the molecule is C=C1NC(C(C)(C)C)CC1(F)F. The molecule has 0 saturated carbocycles. The predicted octanol–water partition coefficient (Wildman–Crippen LogP) is 2.54. The fourth-order valence-electron chi connectivity index (χ4n) is 1.27. The van der Waals surface area contributed by atoms with E-state index < -0.39 is 5.92 Å². The van der Waals surface area contributed by atoms with E-state index in [9.17, 15) is 8.78 Å². The van der Waals surface area contributed by atoms with Crippen LogP contribution in [0.25, 0.3) is 0 Å². The number of halogens is 2. The van der Waals surface area contributed by atoms with Gasteiger partial charge in [0.25, 0.3) is 5.92 Å². The largest absolute Gasteiger partial charge is 0.380 e. The molecule has 1 unspecified atom stereocenters. The molecule has 0 spiro atoms. The van der Waals surface area contributed by atoms with Gasteiger partial charge >= 0.3 is 0 Å². The maximum atomic E-state index is 13.0. The van der Waals surface area contributed by atoms with E-state index in [1.165, 1.54) is 0 Å². The van der Waals surface area contributed by atoms with Crippen LogP contribution in [0.15, 0.2) is 12.3 Å². The van der Waals surface area contributed by atoms with Crippen LogP contribution in [0.2, 0.25) is 0 Å². The van der Waals surface area contributed by atoms with Crippen molar-refractivity contribution in [3.63, 3.8) is 0 Å². The Morgan fingerprint density at radius 2 is 2.00 bits per heavy atom. The third-order valence-corrected chi connectivity index (χ3v) is 2.30. The lowest BCUT2D eigenvalue weighted by Gasteiger charge is -2.26. The van der Waals surface area contributed by atoms with E-state index >= 15 is 0 Å². The molecule has 1 heterocycles. The first kappa shape index (κ1) is 9.49. The second-order valence-corrected chi connectivity index (χ2v) is 4.45. The summed E-state index contributed by atoms with van der Waals surface area (Å²) in [5, 5.41) is 2.74. The molecule has 70 valence electrons. The summed E-state index contributed by atoms with van der Waals surface area (Å²) < 4.78 is 25.9. The maximum Gasteiger partial charge on any atom is 0.288 e. The first-order valence-corrected chi connectivity index (χ1v) is 4.07. The number of hydrogen-bond donors (Lipinski definition) is 1. The van der Waals surface area contributed by atoms with Crippen LogP contribution in [0.3, 0.4) is 0 Å². The molecular weight excluding hydrogens is 160 g/mol. The highest BCUT2D eigenvalue weighted by molar-refractivity contribution is 5.15. The van der Waals surface area contributed by atoms with Crippen LogP contribution < -0.4 is 5.32 Å². The van der Waals surface area contributed by atoms with Gasteiger partial charge < -0.3 is 5.32 Å². The Morgan fingerprint density at radius 3 is 2.17 bits per heavy atom. The minimum atomic E-state index is -2.72. The first-order valence-electron chi connectivity index (χ1n) is 4.07. The van der Waals surface area contributed by atoms with E-state index in [0.29, 0.717) is 0 Å². The summed E-state index contributed by atoms with van der Waals surface area (Å²) in [5.41, 5.74) is -0.273. The van der Waals surface area contributed by atoms with Crippen LogP contribution in [0.4, 0.5) is 8.78 Å². The van der Waals surface area contributed by atoms with Crippen molar-refractivity contribution < 1.29 is 8.78 Å². The molecule has 1 atom stereocenters. The molecule has 1 aliphatic rings. The lowest BCUT2D eigenvalue weighted by Crippen LogP contribution is -2.34. The van der Waals surface area contributed by atoms with Crippen LogP contribution >= 0.6 is 0 Å². The predicted molar refractivity (Wildman–Crippen MR) is 45.1 cm³/mol. The Labute approximate surface area is 71.8 Å². The lowest BCUT2D eigenvalue weighted by molar-refractivity contribution is 0.0403. The maximum absolute atomic E-state index is 13.0. The van der Waals surface area contributed by atoms with Gasteiger partial charge in [-0.3, -0.25) is 0 Å². The zero-order valence-corrected chi connectivity index (χ0v) is 7.75. The van der Waals surface area contributed by atoms with Crippen molar-refractivity contribution in [2.45, 2.75) is 39.2 Å². The minimum Gasteiger partial charge on any atom is -0.380 e. The van der Waals surface area contributed by atoms with Crippen LogP contribution in [0.1, 0.15) is 27.2 Å². The number of alkyl halides is 2. The number of nitrogens with one attached hydrogen (secondary N) is 1. The van der Waals surface area contributed by atoms with E-state index in [2.05, 4.69) is 11.9 Å². The fraction of sp³-hybridized carbons (Fsp3) is 0.778. The molecule has 3 heteroatoms. The summed E-state index contributed by atoms with van der Waals surface area (Å²) in [6.07, 6.45) is -0.130. The molecular formula is C9H15F2N. The molecule has 0 aromatic rings. The number of rotatable bonds is 0. The molecule has 0 radical (unpaired) electrons. The van der Waals surface area contributed by atoms with Gasteiger partial charge in [-0.1, -0.05) is 27.4 Å². The molecule has 1 saturated heterocycles. The van der Waals surface area contributed by atoms with Gasteiger partial charge in [0.05, 0.1) is 5.70 Å². The van der Waals surface area contributed by atoms with Crippen LogP contribution in [-0.4, -0.2) is 12.0 Å². The molecule has 12 heavy (non-hydrogen) atoms. The monoisotopic (exact) mass is 175 g/mol. The van der Waals surface area contributed by atoms with Crippen molar-refractivity contribution in [1.29, 1.82) is 0 Å². The van der Waals surface area contributed by atoms with Crippen molar-refractivity contribution in [2.24, 2.45) is 5.41 Å². The molecule has 0 bridgehead atoms. The Balaban J connectivity index is 2.74. The van der Waals surface area contributed by atoms with E-state index in [0.717, 1.165) is 0 Å². The normalized spacial score (nSPS) is 28.8. The van der Waals surface area contributed by atoms with Gasteiger partial charge in [0.15, 0.2) is 0 Å². The summed E-state index contributed by atoms with van der Waals surface area (Å²) in [6.45, 7) is 9.14. The molecule has 1 nitrogen and oxygen atoms in total. The van der Waals surface area contributed by atoms with Gasteiger partial charge in [0.2, 0.25) is 0 Å². The molecule has 1 fully saturated rings. The molecule has 1 rings (SSSR count). The summed E-state index contributed by atoms with van der Waals surface area (Å²) in [4.78, 5) is 0. The number of hydrogen-bond acceptors (Lipinski definition) is 1.